The molecule has 7 fully saturated rings. The predicted octanol–water partition coefficient (Wildman–Crippen LogP) is 3.53. The average Bonchev–Trinajstić information content (AvgIpc) is 3.84. The van der Waals surface area contributed by atoms with Crippen molar-refractivity contribution in [3.8, 4) is 0 Å². The Kier molecular flexibility index (Phi) is 7.80. The van der Waals surface area contributed by atoms with Gasteiger partial charge >= 0.3 is 5.97 Å². The van der Waals surface area contributed by atoms with E-state index in [-0.39, 0.29) is 75.6 Å². The maximum Gasteiger partial charge on any atom is 0.302 e. The minimum Gasteiger partial charge on any atom is -0.460 e. The Morgan fingerprint density at radius 2 is 1.57 bits per heavy atom. The molecule has 10 nitrogen and oxygen atoms in total. The third-order valence-electron chi connectivity index (χ3n) is 15.7. The first-order chi connectivity index (χ1) is 21.8. The largest absolute Gasteiger partial charge is 0.460 e. The van der Waals surface area contributed by atoms with Gasteiger partial charge in [0.15, 0.2) is 12.1 Å². The second-order valence-electron chi connectivity index (χ2n) is 18.4. The maximum absolute atomic E-state index is 14.2. The van der Waals surface area contributed by atoms with Crippen LogP contribution >= 0.6 is 0 Å². The van der Waals surface area contributed by atoms with Gasteiger partial charge in [-0.05, 0) is 105 Å². The second-order valence-corrected chi connectivity index (χ2v) is 18.4. The van der Waals surface area contributed by atoms with Gasteiger partial charge in [-0.25, -0.2) is 0 Å². The molecule has 266 valence electrons. The van der Waals surface area contributed by atoms with Crippen molar-refractivity contribution >= 4 is 11.8 Å². The molecule has 5 saturated carbocycles. The number of Topliss-reactive ketones (excluding diaryl/α,β-unsaturated/α-hetero) is 1. The van der Waals surface area contributed by atoms with Gasteiger partial charge in [0.1, 0.15) is 36.6 Å². The molecule has 16 atom stereocenters. The molecule has 0 aromatic carbocycles. The summed E-state index contributed by atoms with van der Waals surface area (Å²) in [5.74, 6) is -0.211. The van der Waals surface area contributed by atoms with Gasteiger partial charge in [-0.2, -0.15) is 0 Å². The lowest BCUT2D eigenvalue weighted by Crippen LogP contribution is -2.61. The zero-order chi connectivity index (χ0) is 34.3. The topological polar surface area (TPSA) is 155 Å². The molecule has 2 heterocycles. The van der Waals surface area contributed by atoms with Gasteiger partial charge < -0.3 is 39.4 Å². The monoisotopic (exact) mass is 662 g/mol. The van der Waals surface area contributed by atoms with Crippen LogP contribution in [0.3, 0.4) is 0 Å². The molecule has 2 saturated heterocycles. The van der Waals surface area contributed by atoms with Crippen LogP contribution in [0.5, 0.6) is 0 Å². The highest BCUT2D eigenvalue weighted by molar-refractivity contribution is 5.90. The van der Waals surface area contributed by atoms with Crippen molar-refractivity contribution in [1.29, 1.82) is 0 Å². The lowest BCUT2D eigenvalue weighted by molar-refractivity contribution is -0.303. The smallest absolute Gasteiger partial charge is 0.302 e. The number of rotatable bonds is 7. The molecule has 10 heteroatoms. The van der Waals surface area contributed by atoms with E-state index in [1.807, 2.05) is 13.8 Å². The van der Waals surface area contributed by atoms with Crippen molar-refractivity contribution in [2.24, 2.45) is 50.7 Å². The molecule has 0 aromatic rings. The Morgan fingerprint density at radius 1 is 0.936 bits per heavy atom. The average molecular weight is 663 g/mol. The highest BCUT2D eigenvalue weighted by atomic mass is 16.7. The van der Waals surface area contributed by atoms with Crippen LogP contribution in [0.15, 0.2) is 0 Å². The van der Waals surface area contributed by atoms with E-state index in [0.717, 1.165) is 44.9 Å². The van der Waals surface area contributed by atoms with E-state index in [0.29, 0.717) is 12.3 Å². The van der Waals surface area contributed by atoms with E-state index in [1.54, 1.807) is 0 Å². The molecule has 4 N–H and O–H groups in total. The van der Waals surface area contributed by atoms with Crippen molar-refractivity contribution in [2.75, 3.05) is 6.61 Å². The van der Waals surface area contributed by atoms with E-state index in [1.165, 1.54) is 6.92 Å². The Labute approximate surface area is 279 Å². The van der Waals surface area contributed by atoms with E-state index < -0.39 is 42.2 Å². The first kappa shape index (κ1) is 34.3. The van der Waals surface area contributed by atoms with Crippen LogP contribution in [0, 0.1) is 50.7 Å². The molecule has 5 aliphatic carbocycles. The molecule has 7 rings (SSSR count). The minimum atomic E-state index is -1.31. The number of carbonyl (C=O) groups excluding carboxylic acids is 2. The van der Waals surface area contributed by atoms with Crippen molar-refractivity contribution in [3.05, 3.63) is 0 Å². The number of hydrogen-bond acceptors (Lipinski definition) is 10. The Morgan fingerprint density at radius 3 is 2.21 bits per heavy atom. The highest BCUT2D eigenvalue weighted by Crippen LogP contribution is 2.89. The lowest BCUT2D eigenvalue weighted by atomic mass is 9.41. The van der Waals surface area contributed by atoms with Gasteiger partial charge in [-0.3, -0.25) is 9.59 Å². The molecule has 47 heavy (non-hydrogen) atoms. The lowest BCUT2D eigenvalue weighted by Gasteiger charge is -2.63. The Bertz CT molecular complexity index is 1300. The standard InChI is InChI=1S/C37H58O10/c1-18(15-21(45-19(2)38)30-33(5,6)47-30)25-27(41)29(43)35(8)23-10-9-22-32(3,4)24(46-31-28(42)26(40)20(39)16-44-31)11-12-36(22)17-37(23,36)14-13-34(25,35)7/h18,20-26,28-31,39-40,42-43H,9-17H2,1-8H3/t18-,20-,21-,22+,23+,24+,25+,26+,28-,29+,30+,31+,34-,35-,36-,37+/m1/s1. The quantitative estimate of drug-likeness (QED) is 0.181. The van der Waals surface area contributed by atoms with Crippen LogP contribution in [0.2, 0.25) is 0 Å². The highest BCUT2D eigenvalue weighted by Gasteiger charge is 2.84. The van der Waals surface area contributed by atoms with Crippen LogP contribution in [-0.2, 0) is 28.5 Å². The van der Waals surface area contributed by atoms with E-state index in [2.05, 4.69) is 34.6 Å². The van der Waals surface area contributed by atoms with Crippen LogP contribution < -0.4 is 0 Å². The predicted molar refractivity (Wildman–Crippen MR) is 170 cm³/mol. The zero-order valence-corrected chi connectivity index (χ0v) is 29.5. The van der Waals surface area contributed by atoms with Crippen LogP contribution in [-0.4, -0.2) is 93.4 Å². The van der Waals surface area contributed by atoms with E-state index in [9.17, 15) is 30.0 Å². The van der Waals surface area contributed by atoms with Crippen molar-refractivity contribution < 1.29 is 49.0 Å². The summed E-state index contributed by atoms with van der Waals surface area (Å²) in [5.41, 5.74) is -1.34. The first-order valence-corrected chi connectivity index (χ1v) is 18.2. The third-order valence-corrected chi connectivity index (χ3v) is 15.7. The van der Waals surface area contributed by atoms with Crippen LogP contribution in [0.4, 0.5) is 0 Å². The van der Waals surface area contributed by atoms with E-state index in [4.69, 9.17) is 18.9 Å². The second kappa shape index (κ2) is 10.7. The van der Waals surface area contributed by atoms with Crippen molar-refractivity contribution in [1.82, 2.24) is 0 Å². The summed E-state index contributed by atoms with van der Waals surface area (Å²) in [6, 6.07) is 0. The molecule has 0 amide bonds. The fourth-order valence-electron chi connectivity index (χ4n) is 13.2. The van der Waals surface area contributed by atoms with Gasteiger partial charge in [0.05, 0.1) is 18.3 Å². The summed E-state index contributed by atoms with van der Waals surface area (Å²) in [7, 11) is 0. The molecule has 0 unspecified atom stereocenters. The fraction of sp³-hybridized carbons (Fsp3) is 0.946. The molecule has 2 aliphatic heterocycles. The Hall–Kier alpha value is -1.14. The normalized spacial score (nSPS) is 53.5. The third kappa shape index (κ3) is 4.53. The number of aliphatic hydroxyl groups excluding tert-OH is 4. The number of carbonyl (C=O) groups is 2. The van der Waals surface area contributed by atoms with Crippen molar-refractivity contribution in [3.63, 3.8) is 0 Å². The molecule has 0 aromatic heterocycles. The van der Waals surface area contributed by atoms with Gasteiger partial charge in [0.25, 0.3) is 0 Å². The SMILES string of the molecule is CC(=O)O[C@H](C[C@@H](C)[C@H]1C(=O)[C@H](O)[C@@]2(C)[C@@H]3CC[C@H]4C(C)(C)[C@@H](O[C@@H]5OC[C@@H](O)[C@H](O)[C@H]5O)CC[C@@]45C[C@@]35CC[C@]12C)[C@@H]1OC1(C)C. The van der Waals surface area contributed by atoms with E-state index >= 15 is 0 Å². The summed E-state index contributed by atoms with van der Waals surface area (Å²) < 4.78 is 23.7. The summed E-state index contributed by atoms with van der Waals surface area (Å²) in [6.45, 7) is 16.4. The maximum atomic E-state index is 14.2. The fourth-order valence-corrected chi connectivity index (χ4v) is 13.2. The molecule has 2 spiro atoms. The number of hydrogen-bond donors (Lipinski definition) is 4. The minimum absolute atomic E-state index is 0.0512. The molecule has 0 radical (unpaired) electrons. The number of ketones is 1. The van der Waals surface area contributed by atoms with Gasteiger partial charge in [0, 0.05) is 18.3 Å². The number of aliphatic hydroxyl groups is 4. The summed E-state index contributed by atoms with van der Waals surface area (Å²) in [4.78, 5) is 26.3. The van der Waals surface area contributed by atoms with Crippen molar-refractivity contribution in [2.45, 2.75) is 161 Å². The van der Waals surface area contributed by atoms with Crippen LogP contribution in [0.1, 0.15) is 107 Å². The molecule has 7 aliphatic rings. The Balaban J connectivity index is 1.12. The van der Waals surface area contributed by atoms with Crippen LogP contribution in [0.25, 0.3) is 0 Å². The molecular formula is C37H58O10. The number of esters is 1. The summed E-state index contributed by atoms with van der Waals surface area (Å²) in [6.07, 6.45) is 0.666. The van der Waals surface area contributed by atoms with Gasteiger partial charge in [0.2, 0.25) is 0 Å². The number of epoxide rings is 1. The molecular weight excluding hydrogens is 604 g/mol. The van der Waals surface area contributed by atoms with Gasteiger partial charge in [-0.1, -0.05) is 34.6 Å². The number of ether oxygens (including phenoxy) is 4. The summed E-state index contributed by atoms with van der Waals surface area (Å²) >= 11 is 0. The van der Waals surface area contributed by atoms with Gasteiger partial charge in [-0.15, -0.1) is 0 Å². The molecule has 0 bridgehead atoms. The summed E-state index contributed by atoms with van der Waals surface area (Å²) in [5, 5.41) is 42.8. The first-order valence-electron chi connectivity index (χ1n) is 18.2. The zero-order valence-electron chi connectivity index (χ0n) is 29.5. The number of fused-ring (bicyclic) bond motifs is 2.